The van der Waals surface area contributed by atoms with Gasteiger partial charge >= 0.3 is 0 Å². The first-order chi connectivity index (χ1) is 17.8. The first kappa shape index (κ1) is 26.3. The van der Waals surface area contributed by atoms with Crippen molar-refractivity contribution in [3.63, 3.8) is 0 Å². The Morgan fingerprint density at radius 2 is 1.76 bits per heavy atom. The van der Waals surface area contributed by atoms with Crippen LogP contribution >= 0.6 is 23.4 Å². The molecular weight excluding hydrogens is 512 g/mol. The molecule has 1 aliphatic rings. The third-order valence-electron chi connectivity index (χ3n) is 5.37. The van der Waals surface area contributed by atoms with Crippen LogP contribution in [0, 0.1) is 13.8 Å². The minimum absolute atomic E-state index is 0.119. The summed E-state index contributed by atoms with van der Waals surface area (Å²) in [6.45, 7) is 3.95. The number of halogens is 1. The molecule has 3 aromatic carbocycles. The predicted octanol–water partition coefficient (Wildman–Crippen LogP) is 6.09. The van der Waals surface area contributed by atoms with Crippen molar-refractivity contribution >= 4 is 52.2 Å². The Labute approximate surface area is 224 Å². The molecule has 3 aromatic rings. The molecule has 0 radical (unpaired) electrons. The highest BCUT2D eigenvalue weighted by atomic mass is 35.5. The molecule has 7 nitrogen and oxygen atoms in total. The summed E-state index contributed by atoms with van der Waals surface area (Å²) >= 11 is 7.00. The summed E-state index contributed by atoms with van der Waals surface area (Å²) in [7, 11) is 0. The third kappa shape index (κ3) is 7.15. The monoisotopic (exact) mass is 536 g/mol. The smallest absolute Gasteiger partial charge is 0.293 e. The summed E-state index contributed by atoms with van der Waals surface area (Å²) < 4.78 is 11.4. The maximum atomic E-state index is 12.9. The highest BCUT2D eigenvalue weighted by Crippen LogP contribution is 2.34. The molecule has 9 heteroatoms. The van der Waals surface area contributed by atoms with Gasteiger partial charge in [0.15, 0.2) is 6.61 Å². The van der Waals surface area contributed by atoms with E-state index in [-0.39, 0.29) is 35.8 Å². The SMILES string of the molecule is Cc1cccc(NC(=O)COc2ccc(Cl)cc2/C=C2\SC(=O)N(CCOc3cccc(C)c3)C2=O)c1. The molecule has 37 heavy (non-hydrogen) atoms. The van der Waals surface area contributed by atoms with E-state index in [2.05, 4.69) is 5.32 Å². The second-order valence-electron chi connectivity index (χ2n) is 8.39. The molecule has 0 saturated carbocycles. The van der Waals surface area contributed by atoms with E-state index < -0.39 is 5.91 Å². The van der Waals surface area contributed by atoms with Gasteiger partial charge < -0.3 is 14.8 Å². The molecule has 0 atom stereocenters. The van der Waals surface area contributed by atoms with Crippen molar-refractivity contribution in [2.75, 3.05) is 25.1 Å². The quantitative estimate of drug-likeness (QED) is 0.333. The number of carbonyl (C=O) groups excluding carboxylic acids is 3. The fraction of sp³-hybridized carbons (Fsp3) is 0.179. The van der Waals surface area contributed by atoms with E-state index >= 15 is 0 Å². The largest absolute Gasteiger partial charge is 0.492 e. The van der Waals surface area contributed by atoms with Crippen LogP contribution in [0.15, 0.2) is 71.6 Å². The van der Waals surface area contributed by atoms with Crippen LogP contribution in [0.25, 0.3) is 6.08 Å². The average molecular weight is 537 g/mol. The van der Waals surface area contributed by atoms with Gasteiger partial charge in [-0.1, -0.05) is 35.9 Å². The Morgan fingerprint density at radius 3 is 2.51 bits per heavy atom. The van der Waals surface area contributed by atoms with Crippen molar-refractivity contribution < 1.29 is 23.9 Å². The summed E-state index contributed by atoms with van der Waals surface area (Å²) in [4.78, 5) is 39.2. The predicted molar refractivity (Wildman–Crippen MR) is 146 cm³/mol. The summed E-state index contributed by atoms with van der Waals surface area (Å²) in [5, 5.41) is 2.82. The zero-order chi connectivity index (χ0) is 26.4. The van der Waals surface area contributed by atoms with Crippen LogP contribution in [0.1, 0.15) is 16.7 Å². The molecule has 1 N–H and O–H groups in total. The molecule has 3 amide bonds. The second-order valence-corrected chi connectivity index (χ2v) is 9.82. The van der Waals surface area contributed by atoms with Crippen LogP contribution in [-0.2, 0) is 9.59 Å². The Kier molecular flexibility index (Phi) is 8.53. The van der Waals surface area contributed by atoms with Crippen LogP contribution in [0.5, 0.6) is 11.5 Å². The number of thioether (sulfide) groups is 1. The lowest BCUT2D eigenvalue weighted by Gasteiger charge is -2.13. The number of hydrogen-bond donors (Lipinski definition) is 1. The van der Waals surface area contributed by atoms with E-state index in [1.165, 1.54) is 0 Å². The van der Waals surface area contributed by atoms with Gasteiger partial charge in [0.1, 0.15) is 18.1 Å². The van der Waals surface area contributed by atoms with Gasteiger partial charge in [-0.25, -0.2) is 0 Å². The molecule has 4 rings (SSSR count). The minimum atomic E-state index is -0.425. The maximum absolute atomic E-state index is 12.9. The fourth-order valence-corrected chi connectivity index (χ4v) is 4.66. The zero-order valence-electron chi connectivity index (χ0n) is 20.3. The Hall–Kier alpha value is -3.75. The number of carbonyl (C=O) groups is 3. The molecule has 1 aliphatic heterocycles. The van der Waals surface area contributed by atoms with Crippen molar-refractivity contribution in [2.24, 2.45) is 0 Å². The number of nitrogens with one attached hydrogen (secondary N) is 1. The molecule has 0 aromatic heterocycles. The van der Waals surface area contributed by atoms with Crippen LogP contribution in [0.4, 0.5) is 10.5 Å². The van der Waals surface area contributed by atoms with E-state index in [9.17, 15) is 14.4 Å². The van der Waals surface area contributed by atoms with Gasteiger partial charge in [-0.2, -0.15) is 0 Å². The highest BCUT2D eigenvalue weighted by molar-refractivity contribution is 8.18. The lowest BCUT2D eigenvalue weighted by molar-refractivity contribution is -0.123. The normalized spacial score (nSPS) is 14.2. The highest BCUT2D eigenvalue weighted by Gasteiger charge is 2.35. The van der Waals surface area contributed by atoms with Gasteiger partial charge in [-0.3, -0.25) is 19.3 Å². The summed E-state index contributed by atoms with van der Waals surface area (Å²) in [6, 6.07) is 19.8. The first-order valence-electron chi connectivity index (χ1n) is 11.5. The van der Waals surface area contributed by atoms with E-state index in [1.807, 2.05) is 56.3 Å². The van der Waals surface area contributed by atoms with Crippen LogP contribution in [-0.4, -0.2) is 41.7 Å². The van der Waals surface area contributed by atoms with Gasteiger partial charge in [0.2, 0.25) is 0 Å². The molecule has 0 bridgehead atoms. The van der Waals surface area contributed by atoms with Gasteiger partial charge in [0.25, 0.3) is 17.1 Å². The standard InChI is InChI=1S/C28H25ClN2O5S/c1-18-5-3-7-22(13-18)30-26(32)17-36-24-10-9-21(29)15-20(24)16-25-27(33)31(28(34)37-25)11-12-35-23-8-4-6-19(2)14-23/h3-10,13-16H,11-12,17H2,1-2H3,(H,30,32)/b25-16-. The van der Waals surface area contributed by atoms with Crippen molar-refractivity contribution in [1.82, 2.24) is 4.90 Å². The fourth-order valence-electron chi connectivity index (χ4n) is 3.62. The summed E-state index contributed by atoms with van der Waals surface area (Å²) in [6.07, 6.45) is 1.55. The van der Waals surface area contributed by atoms with Gasteiger partial charge in [0.05, 0.1) is 11.4 Å². The van der Waals surface area contributed by atoms with Gasteiger partial charge in [-0.15, -0.1) is 0 Å². The molecule has 0 unspecified atom stereocenters. The Balaban J connectivity index is 1.40. The molecule has 1 fully saturated rings. The molecular formula is C28H25ClN2O5S. The van der Waals surface area contributed by atoms with Crippen LogP contribution in [0.2, 0.25) is 5.02 Å². The lowest BCUT2D eigenvalue weighted by Crippen LogP contribution is -2.32. The number of rotatable bonds is 9. The van der Waals surface area contributed by atoms with E-state index in [1.54, 1.807) is 30.3 Å². The number of imide groups is 1. The third-order valence-corrected chi connectivity index (χ3v) is 6.51. The van der Waals surface area contributed by atoms with Gasteiger partial charge in [-0.05, 0) is 85.3 Å². The molecule has 190 valence electrons. The van der Waals surface area contributed by atoms with Crippen molar-refractivity contribution in [2.45, 2.75) is 13.8 Å². The number of benzene rings is 3. The Morgan fingerprint density at radius 1 is 1.00 bits per heavy atom. The number of anilines is 1. The zero-order valence-corrected chi connectivity index (χ0v) is 21.9. The average Bonchev–Trinajstić information content (AvgIpc) is 3.11. The summed E-state index contributed by atoms with van der Waals surface area (Å²) in [5.74, 6) is 0.277. The van der Waals surface area contributed by atoms with Crippen LogP contribution < -0.4 is 14.8 Å². The van der Waals surface area contributed by atoms with E-state index in [0.717, 1.165) is 27.8 Å². The molecule has 0 aliphatic carbocycles. The first-order valence-corrected chi connectivity index (χ1v) is 12.7. The topological polar surface area (TPSA) is 84.9 Å². The van der Waals surface area contributed by atoms with Crippen LogP contribution in [0.3, 0.4) is 0 Å². The number of nitrogens with zero attached hydrogens (tertiary/aromatic N) is 1. The summed E-state index contributed by atoms with van der Waals surface area (Å²) in [5.41, 5.74) is 3.23. The number of hydrogen-bond acceptors (Lipinski definition) is 6. The molecule has 1 saturated heterocycles. The number of amides is 3. The Bertz CT molecular complexity index is 1370. The van der Waals surface area contributed by atoms with Crippen molar-refractivity contribution in [1.29, 1.82) is 0 Å². The van der Waals surface area contributed by atoms with Crippen molar-refractivity contribution in [3.05, 3.63) is 93.3 Å². The lowest BCUT2D eigenvalue weighted by atomic mass is 10.2. The van der Waals surface area contributed by atoms with Gasteiger partial charge in [0, 0.05) is 16.3 Å². The second kappa shape index (κ2) is 12.0. The molecule has 0 spiro atoms. The van der Waals surface area contributed by atoms with Crippen molar-refractivity contribution in [3.8, 4) is 11.5 Å². The number of aryl methyl sites for hydroxylation is 2. The number of ether oxygens (including phenoxy) is 2. The molecule has 1 heterocycles. The minimum Gasteiger partial charge on any atom is -0.492 e. The van der Waals surface area contributed by atoms with E-state index in [4.69, 9.17) is 21.1 Å². The van der Waals surface area contributed by atoms with E-state index in [0.29, 0.717) is 27.8 Å². The maximum Gasteiger partial charge on any atom is 0.293 e.